The van der Waals surface area contributed by atoms with Gasteiger partial charge in [0.05, 0.1) is 19.3 Å². The lowest BCUT2D eigenvalue weighted by Gasteiger charge is -2.39. The molecule has 0 saturated carbocycles. The minimum Gasteiger partial charge on any atom is -0.380 e. The zero-order chi connectivity index (χ0) is 24.8. The first-order chi connectivity index (χ1) is 17.0. The second kappa shape index (κ2) is 11.3. The molecule has 35 heavy (non-hydrogen) atoms. The molecule has 0 radical (unpaired) electrons. The Kier molecular flexibility index (Phi) is 7.92. The van der Waals surface area contributed by atoms with Crippen molar-refractivity contribution >= 4 is 23.2 Å². The minimum atomic E-state index is -0.548. The normalized spacial score (nSPS) is 15.8. The van der Waals surface area contributed by atoms with E-state index in [1.165, 1.54) is 0 Å². The lowest BCUT2D eigenvalue weighted by molar-refractivity contribution is -0.130. The van der Waals surface area contributed by atoms with E-state index in [4.69, 9.17) is 15.2 Å². The van der Waals surface area contributed by atoms with Gasteiger partial charge in [0.2, 0.25) is 5.91 Å². The van der Waals surface area contributed by atoms with E-state index in [0.29, 0.717) is 43.2 Å². The van der Waals surface area contributed by atoms with Gasteiger partial charge in [-0.3, -0.25) is 19.4 Å². The summed E-state index contributed by atoms with van der Waals surface area (Å²) in [6, 6.07) is 24.2. The molecule has 1 heterocycles. The van der Waals surface area contributed by atoms with E-state index >= 15 is 0 Å². The van der Waals surface area contributed by atoms with E-state index < -0.39 is 11.9 Å². The van der Waals surface area contributed by atoms with Gasteiger partial charge in [0.1, 0.15) is 6.04 Å². The van der Waals surface area contributed by atoms with Crippen LogP contribution in [-0.2, 0) is 14.3 Å². The van der Waals surface area contributed by atoms with Crippen molar-refractivity contribution in [2.24, 2.45) is 5.73 Å². The zero-order valence-electron chi connectivity index (χ0n) is 20.1. The number of hydrogen-bond donors (Lipinski definition) is 1. The third-order valence-corrected chi connectivity index (χ3v) is 6.35. The van der Waals surface area contributed by atoms with Gasteiger partial charge >= 0.3 is 0 Å². The molecule has 3 aromatic carbocycles. The smallest absolute Gasteiger partial charge is 0.251 e. The Morgan fingerprint density at radius 1 is 0.914 bits per heavy atom. The highest BCUT2D eigenvalue weighted by atomic mass is 16.5. The number of carbonyl (C=O) groups is 2. The number of morpholine rings is 1. The molecule has 0 aliphatic carbocycles. The summed E-state index contributed by atoms with van der Waals surface area (Å²) >= 11 is 0. The van der Waals surface area contributed by atoms with Gasteiger partial charge in [0, 0.05) is 37.1 Å². The van der Waals surface area contributed by atoms with Gasteiger partial charge in [0.15, 0.2) is 0 Å². The van der Waals surface area contributed by atoms with Crippen LogP contribution in [0.25, 0.3) is 11.1 Å². The fourth-order valence-corrected chi connectivity index (χ4v) is 4.41. The number of methoxy groups -OCH3 is 1. The SMILES string of the molecule is COC(C)[C@@H](C(=O)N(c1ccc(-c2ccccc2)cc1)c1cccc(C(N)=O)c1)N1CCOCC1. The van der Waals surface area contributed by atoms with E-state index in [0.717, 1.165) is 11.1 Å². The van der Waals surface area contributed by atoms with E-state index in [-0.39, 0.29) is 12.0 Å². The van der Waals surface area contributed by atoms with Crippen LogP contribution in [0.5, 0.6) is 0 Å². The first-order valence-corrected chi connectivity index (χ1v) is 11.7. The van der Waals surface area contributed by atoms with Crippen molar-refractivity contribution in [2.75, 3.05) is 38.3 Å². The van der Waals surface area contributed by atoms with Crippen LogP contribution < -0.4 is 10.6 Å². The molecule has 2 amide bonds. The third kappa shape index (κ3) is 5.59. The molecule has 4 rings (SSSR count). The number of primary amides is 1. The van der Waals surface area contributed by atoms with E-state index in [2.05, 4.69) is 4.90 Å². The standard InChI is InChI=1S/C28H31N3O4/c1-20(34-2)26(30-15-17-35-18-16-30)28(33)31(25-10-6-9-23(19-25)27(29)32)24-13-11-22(12-14-24)21-7-4-3-5-8-21/h3-14,19-20,26H,15-18H2,1-2H3,(H2,29,32)/t20?,26-/m0/s1. The first-order valence-electron chi connectivity index (χ1n) is 11.7. The molecule has 1 aliphatic rings. The van der Waals surface area contributed by atoms with E-state index in [1.54, 1.807) is 30.2 Å². The van der Waals surface area contributed by atoms with Crippen molar-refractivity contribution in [2.45, 2.75) is 19.1 Å². The van der Waals surface area contributed by atoms with Gasteiger partial charge < -0.3 is 15.2 Å². The minimum absolute atomic E-state index is 0.143. The molecule has 0 bridgehead atoms. The number of rotatable bonds is 8. The summed E-state index contributed by atoms with van der Waals surface area (Å²) in [5.41, 5.74) is 9.28. The molecule has 7 nitrogen and oxygen atoms in total. The lowest BCUT2D eigenvalue weighted by atomic mass is 10.0. The average molecular weight is 474 g/mol. The molecular weight excluding hydrogens is 442 g/mol. The molecule has 1 fully saturated rings. The fourth-order valence-electron chi connectivity index (χ4n) is 4.41. The highest BCUT2D eigenvalue weighted by molar-refractivity contribution is 6.05. The summed E-state index contributed by atoms with van der Waals surface area (Å²) in [5, 5.41) is 0. The Hall–Kier alpha value is -3.52. The van der Waals surface area contributed by atoms with Gasteiger partial charge in [-0.15, -0.1) is 0 Å². The summed E-state index contributed by atoms with van der Waals surface area (Å²) in [6.45, 7) is 4.28. The number of anilines is 2. The lowest BCUT2D eigenvalue weighted by Crippen LogP contribution is -2.56. The van der Waals surface area contributed by atoms with E-state index in [1.807, 2.05) is 67.6 Å². The van der Waals surface area contributed by atoms with Crippen molar-refractivity contribution in [3.05, 3.63) is 84.4 Å². The number of nitrogens with zero attached hydrogens (tertiary/aromatic N) is 2. The number of benzene rings is 3. The highest BCUT2D eigenvalue weighted by Gasteiger charge is 2.36. The number of carbonyl (C=O) groups excluding carboxylic acids is 2. The van der Waals surface area contributed by atoms with Crippen LogP contribution in [0.1, 0.15) is 17.3 Å². The molecule has 3 aromatic rings. The molecule has 2 N–H and O–H groups in total. The highest BCUT2D eigenvalue weighted by Crippen LogP contribution is 2.31. The zero-order valence-corrected chi connectivity index (χ0v) is 20.1. The number of hydrogen-bond acceptors (Lipinski definition) is 5. The summed E-state index contributed by atoms with van der Waals surface area (Å²) in [7, 11) is 1.61. The topological polar surface area (TPSA) is 85.1 Å². The van der Waals surface area contributed by atoms with Gasteiger partial charge in [-0.25, -0.2) is 0 Å². The molecule has 1 aliphatic heterocycles. The van der Waals surface area contributed by atoms with Crippen LogP contribution >= 0.6 is 0 Å². The maximum atomic E-state index is 14.2. The van der Waals surface area contributed by atoms with Crippen molar-refractivity contribution in [1.82, 2.24) is 4.90 Å². The average Bonchev–Trinajstić information content (AvgIpc) is 2.90. The number of nitrogens with two attached hydrogens (primary N) is 1. The predicted octanol–water partition coefficient (Wildman–Crippen LogP) is 3.85. The quantitative estimate of drug-likeness (QED) is 0.537. The maximum absolute atomic E-state index is 14.2. The van der Waals surface area contributed by atoms with Crippen molar-refractivity contribution in [3.63, 3.8) is 0 Å². The second-order valence-corrected chi connectivity index (χ2v) is 8.54. The second-order valence-electron chi connectivity index (χ2n) is 8.54. The molecule has 1 saturated heterocycles. The Labute approximate surface area is 206 Å². The van der Waals surface area contributed by atoms with Crippen LogP contribution in [0.2, 0.25) is 0 Å². The monoisotopic (exact) mass is 473 g/mol. The Morgan fingerprint density at radius 2 is 1.57 bits per heavy atom. The number of amides is 2. The van der Waals surface area contributed by atoms with Crippen LogP contribution in [0.4, 0.5) is 11.4 Å². The van der Waals surface area contributed by atoms with Gasteiger partial charge in [-0.1, -0.05) is 48.5 Å². The fraction of sp³-hybridized carbons (Fsp3) is 0.286. The Morgan fingerprint density at radius 3 is 2.20 bits per heavy atom. The van der Waals surface area contributed by atoms with Crippen molar-refractivity contribution in [1.29, 1.82) is 0 Å². The van der Waals surface area contributed by atoms with Crippen LogP contribution in [0.15, 0.2) is 78.9 Å². The predicted molar refractivity (Wildman–Crippen MR) is 137 cm³/mol. The van der Waals surface area contributed by atoms with Gasteiger partial charge in [-0.05, 0) is 48.4 Å². The molecule has 2 atom stereocenters. The van der Waals surface area contributed by atoms with Crippen molar-refractivity contribution in [3.8, 4) is 11.1 Å². The molecule has 7 heteroatoms. The van der Waals surface area contributed by atoms with Crippen LogP contribution in [0, 0.1) is 0 Å². The molecular formula is C28H31N3O4. The summed E-state index contributed by atoms with van der Waals surface area (Å²) in [6.07, 6.45) is -0.356. The molecule has 0 aromatic heterocycles. The molecule has 1 unspecified atom stereocenters. The van der Waals surface area contributed by atoms with Crippen LogP contribution in [0.3, 0.4) is 0 Å². The number of ether oxygens (including phenoxy) is 2. The Balaban J connectivity index is 1.77. The van der Waals surface area contributed by atoms with Gasteiger partial charge in [0.25, 0.3) is 5.91 Å². The molecule has 182 valence electrons. The van der Waals surface area contributed by atoms with Crippen LogP contribution in [-0.4, -0.2) is 62.3 Å². The van der Waals surface area contributed by atoms with E-state index in [9.17, 15) is 9.59 Å². The Bertz CT molecular complexity index is 1140. The maximum Gasteiger partial charge on any atom is 0.251 e. The first kappa shape index (κ1) is 24.6. The summed E-state index contributed by atoms with van der Waals surface area (Å²) in [5.74, 6) is -0.691. The summed E-state index contributed by atoms with van der Waals surface area (Å²) in [4.78, 5) is 29.9. The summed E-state index contributed by atoms with van der Waals surface area (Å²) < 4.78 is 11.2. The third-order valence-electron chi connectivity index (χ3n) is 6.35. The largest absolute Gasteiger partial charge is 0.380 e. The van der Waals surface area contributed by atoms with Gasteiger partial charge in [-0.2, -0.15) is 0 Å². The van der Waals surface area contributed by atoms with Crippen molar-refractivity contribution < 1.29 is 19.1 Å². The molecule has 0 spiro atoms.